The first kappa shape index (κ1) is 17.6. The number of hydrogen-bond donors (Lipinski definition) is 0. The highest BCUT2D eigenvalue weighted by Gasteiger charge is 2.34. The summed E-state index contributed by atoms with van der Waals surface area (Å²) in [5.74, 6) is -0.833. The van der Waals surface area contributed by atoms with E-state index in [1.807, 2.05) is 11.9 Å². The van der Waals surface area contributed by atoms with Crippen molar-refractivity contribution in [3.63, 3.8) is 0 Å². The highest BCUT2D eigenvalue weighted by Crippen LogP contribution is 2.23. The van der Waals surface area contributed by atoms with E-state index < -0.39 is 0 Å². The first-order chi connectivity index (χ1) is 12.0. The van der Waals surface area contributed by atoms with Gasteiger partial charge in [0, 0.05) is 23.7 Å². The summed E-state index contributed by atoms with van der Waals surface area (Å²) in [7, 11) is 1.85. The minimum atomic E-state index is -0.334. The van der Waals surface area contributed by atoms with E-state index in [-0.39, 0.29) is 17.6 Å². The Morgan fingerprint density at radius 3 is 2.28 bits per heavy atom. The van der Waals surface area contributed by atoms with Crippen molar-refractivity contribution in [1.29, 1.82) is 0 Å². The SMILES string of the molecule is CN(CCCN1C(=O)c2ccccc2C1=O)Cc1c(F)cccc1Cl. The third-order valence-corrected chi connectivity index (χ3v) is 4.64. The maximum absolute atomic E-state index is 13.8. The molecule has 130 valence electrons. The molecule has 0 radical (unpaired) electrons. The van der Waals surface area contributed by atoms with Crippen molar-refractivity contribution in [3.05, 3.63) is 70.0 Å². The standard InChI is InChI=1S/C19H18ClFN2O2/c1-22(12-15-16(20)8-4-9-17(15)21)10-5-11-23-18(24)13-6-2-3-7-14(13)19(23)25/h2-4,6-9H,5,10-12H2,1H3. The molecule has 0 N–H and O–H groups in total. The van der Waals surface area contributed by atoms with Crippen molar-refractivity contribution in [3.8, 4) is 0 Å². The van der Waals surface area contributed by atoms with Gasteiger partial charge in [-0.1, -0.05) is 29.8 Å². The number of imide groups is 1. The summed E-state index contributed by atoms with van der Waals surface area (Å²) in [5.41, 5.74) is 1.37. The van der Waals surface area contributed by atoms with Crippen LogP contribution in [0.15, 0.2) is 42.5 Å². The maximum atomic E-state index is 13.8. The van der Waals surface area contributed by atoms with Gasteiger partial charge >= 0.3 is 0 Å². The molecule has 0 aromatic heterocycles. The topological polar surface area (TPSA) is 40.6 Å². The van der Waals surface area contributed by atoms with E-state index in [9.17, 15) is 14.0 Å². The van der Waals surface area contributed by atoms with E-state index in [4.69, 9.17) is 11.6 Å². The number of nitrogens with zero attached hydrogens (tertiary/aromatic N) is 2. The van der Waals surface area contributed by atoms with Crippen LogP contribution in [0, 0.1) is 5.82 Å². The molecule has 2 aromatic carbocycles. The highest BCUT2D eigenvalue weighted by atomic mass is 35.5. The molecule has 0 unspecified atom stereocenters. The Hall–Kier alpha value is -2.24. The molecule has 0 saturated heterocycles. The fraction of sp³-hybridized carbons (Fsp3) is 0.263. The van der Waals surface area contributed by atoms with Gasteiger partial charge in [0.15, 0.2) is 0 Å². The molecule has 0 saturated carbocycles. The molecule has 0 bridgehead atoms. The van der Waals surface area contributed by atoms with Gasteiger partial charge in [-0.15, -0.1) is 0 Å². The van der Waals surface area contributed by atoms with E-state index in [1.165, 1.54) is 11.0 Å². The van der Waals surface area contributed by atoms with Crippen molar-refractivity contribution >= 4 is 23.4 Å². The van der Waals surface area contributed by atoms with Gasteiger partial charge in [-0.05, 0) is 44.3 Å². The van der Waals surface area contributed by atoms with Crippen LogP contribution in [0.25, 0.3) is 0 Å². The van der Waals surface area contributed by atoms with Crippen LogP contribution in [0.3, 0.4) is 0 Å². The lowest BCUT2D eigenvalue weighted by atomic mass is 10.1. The number of amides is 2. The predicted molar refractivity (Wildman–Crippen MR) is 94.2 cm³/mol. The van der Waals surface area contributed by atoms with E-state index in [1.54, 1.807) is 36.4 Å². The molecular weight excluding hydrogens is 343 g/mol. The molecule has 0 spiro atoms. The molecule has 2 amide bonds. The average Bonchev–Trinajstić information content (AvgIpc) is 2.84. The van der Waals surface area contributed by atoms with Gasteiger partial charge in [-0.25, -0.2) is 4.39 Å². The van der Waals surface area contributed by atoms with Gasteiger partial charge in [0.05, 0.1) is 11.1 Å². The molecule has 6 heteroatoms. The number of hydrogen-bond acceptors (Lipinski definition) is 3. The fourth-order valence-electron chi connectivity index (χ4n) is 2.97. The number of halogens is 2. The summed E-state index contributed by atoms with van der Waals surface area (Å²) in [6.45, 7) is 1.31. The summed E-state index contributed by atoms with van der Waals surface area (Å²) >= 11 is 6.04. The second kappa shape index (κ2) is 7.33. The molecule has 25 heavy (non-hydrogen) atoms. The number of carbonyl (C=O) groups is 2. The first-order valence-electron chi connectivity index (χ1n) is 8.05. The summed E-state index contributed by atoms with van der Waals surface area (Å²) in [6, 6.07) is 11.5. The van der Waals surface area contributed by atoms with Gasteiger partial charge in [0.2, 0.25) is 0 Å². The molecule has 0 atom stereocenters. The van der Waals surface area contributed by atoms with Crippen LogP contribution in [-0.4, -0.2) is 41.8 Å². The smallest absolute Gasteiger partial charge is 0.261 e. The Kier molecular flexibility index (Phi) is 5.16. The monoisotopic (exact) mass is 360 g/mol. The predicted octanol–water partition coefficient (Wildman–Crippen LogP) is 3.60. The van der Waals surface area contributed by atoms with E-state index >= 15 is 0 Å². The van der Waals surface area contributed by atoms with Crippen molar-refractivity contribution < 1.29 is 14.0 Å². The van der Waals surface area contributed by atoms with Crippen LogP contribution < -0.4 is 0 Å². The average molecular weight is 361 g/mol. The first-order valence-corrected chi connectivity index (χ1v) is 8.43. The Labute approximate surface area is 150 Å². The highest BCUT2D eigenvalue weighted by molar-refractivity contribution is 6.31. The number of rotatable bonds is 6. The van der Waals surface area contributed by atoms with E-state index in [0.29, 0.717) is 47.8 Å². The number of benzene rings is 2. The number of carbonyl (C=O) groups excluding carboxylic acids is 2. The van der Waals surface area contributed by atoms with Crippen LogP contribution in [0.5, 0.6) is 0 Å². The zero-order chi connectivity index (χ0) is 18.0. The van der Waals surface area contributed by atoms with E-state index in [2.05, 4.69) is 0 Å². The summed E-state index contributed by atoms with van der Waals surface area (Å²) < 4.78 is 13.8. The minimum absolute atomic E-state index is 0.250. The van der Waals surface area contributed by atoms with Crippen LogP contribution in [-0.2, 0) is 6.54 Å². The van der Waals surface area contributed by atoms with Crippen molar-refractivity contribution in [2.24, 2.45) is 0 Å². The Morgan fingerprint density at radius 2 is 1.68 bits per heavy atom. The lowest BCUT2D eigenvalue weighted by Crippen LogP contribution is -2.32. The minimum Gasteiger partial charge on any atom is -0.302 e. The van der Waals surface area contributed by atoms with Crippen LogP contribution in [0.1, 0.15) is 32.7 Å². The number of fused-ring (bicyclic) bond motifs is 1. The van der Waals surface area contributed by atoms with E-state index in [0.717, 1.165) is 0 Å². The molecule has 1 aliphatic rings. The second-order valence-corrected chi connectivity index (χ2v) is 6.51. The molecule has 4 nitrogen and oxygen atoms in total. The maximum Gasteiger partial charge on any atom is 0.261 e. The van der Waals surface area contributed by atoms with Crippen molar-refractivity contribution in [2.75, 3.05) is 20.1 Å². The molecule has 1 aliphatic heterocycles. The molecule has 3 rings (SSSR count). The molecule has 0 aliphatic carbocycles. The third-order valence-electron chi connectivity index (χ3n) is 4.29. The van der Waals surface area contributed by atoms with Gasteiger partial charge in [0.25, 0.3) is 11.8 Å². The molecule has 1 heterocycles. The van der Waals surface area contributed by atoms with Crippen LogP contribution in [0.2, 0.25) is 5.02 Å². The summed E-state index contributed by atoms with van der Waals surface area (Å²) in [6.07, 6.45) is 0.605. The Morgan fingerprint density at radius 1 is 1.04 bits per heavy atom. The lowest BCUT2D eigenvalue weighted by Gasteiger charge is -2.20. The quantitative estimate of drug-likeness (QED) is 0.739. The Balaban J connectivity index is 1.55. The Bertz CT molecular complexity index is 770. The van der Waals surface area contributed by atoms with Gasteiger partial charge in [-0.2, -0.15) is 0 Å². The van der Waals surface area contributed by atoms with Crippen LogP contribution >= 0.6 is 11.6 Å². The lowest BCUT2D eigenvalue weighted by molar-refractivity contribution is 0.0648. The van der Waals surface area contributed by atoms with Gasteiger partial charge in [0.1, 0.15) is 5.82 Å². The third kappa shape index (κ3) is 3.57. The van der Waals surface area contributed by atoms with Crippen LogP contribution in [0.4, 0.5) is 4.39 Å². The molecular formula is C19H18ClFN2O2. The van der Waals surface area contributed by atoms with Crippen molar-refractivity contribution in [1.82, 2.24) is 9.80 Å². The zero-order valence-electron chi connectivity index (χ0n) is 13.8. The summed E-state index contributed by atoms with van der Waals surface area (Å²) in [4.78, 5) is 27.8. The second-order valence-electron chi connectivity index (χ2n) is 6.10. The molecule has 2 aromatic rings. The normalized spacial score (nSPS) is 13.7. The summed E-state index contributed by atoms with van der Waals surface area (Å²) in [5, 5.41) is 0.396. The fourth-order valence-corrected chi connectivity index (χ4v) is 3.20. The zero-order valence-corrected chi connectivity index (χ0v) is 14.6. The van der Waals surface area contributed by atoms with Gasteiger partial charge in [-0.3, -0.25) is 14.5 Å². The van der Waals surface area contributed by atoms with Gasteiger partial charge < -0.3 is 4.90 Å². The molecule has 0 fully saturated rings. The van der Waals surface area contributed by atoms with Crippen molar-refractivity contribution in [2.45, 2.75) is 13.0 Å². The largest absolute Gasteiger partial charge is 0.302 e.